The minimum absolute atomic E-state index is 0.229. The first kappa shape index (κ1) is 14.5. The van der Waals surface area contributed by atoms with Gasteiger partial charge in [0.05, 0.1) is 13.0 Å². The third-order valence-corrected chi connectivity index (χ3v) is 2.75. The van der Waals surface area contributed by atoms with Crippen molar-refractivity contribution in [1.82, 2.24) is 5.32 Å². The van der Waals surface area contributed by atoms with E-state index in [-0.39, 0.29) is 24.5 Å². The van der Waals surface area contributed by atoms with E-state index in [4.69, 9.17) is 0 Å². The third-order valence-electron chi connectivity index (χ3n) is 2.25. The molecule has 2 N–H and O–H groups in total. The van der Waals surface area contributed by atoms with Crippen molar-refractivity contribution < 1.29 is 14.3 Å². The summed E-state index contributed by atoms with van der Waals surface area (Å²) in [4.78, 5) is 22.7. The van der Waals surface area contributed by atoms with Gasteiger partial charge in [-0.3, -0.25) is 4.79 Å². The molecule has 0 spiro atoms. The van der Waals surface area contributed by atoms with E-state index in [1.807, 2.05) is 12.1 Å². The molecule has 0 saturated heterocycles. The quantitative estimate of drug-likeness (QED) is 0.838. The average molecular weight is 315 g/mol. The molecule has 1 aromatic carbocycles. The van der Waals surface area contributed by atoms with Gasteiger partial charge in [0.15, 0.2) is 0 Å². The Labute approximate surface area is 114 Å². The summed E-state index contributed by atoms with van der Waals surface area (Å²) < 4.78 is 5.44. The monoisotopic (exact) mass is 314 g/mol. The maximum Gasteiger partial charge on any atom is 0.319 e. The number of anilines is 1. The van der Waals surface area contributed by atoms with E-state index >= 15 is 0 Å². The van der Waals surface area contributed by atoms with Gasteiger partial charge in [0.1, 0.15) is 0 Å². The molecule has 6 heteroatoms. The Morgan fingerprint density at radius 2 is 2.17 bits per heavy atom. The van der Waals surface area contributed by atoms with Crippen LogP contribution in [0, 0.1) is 5.92 Å². The first-order valence-electron chi connectivity index (χ1n) is 5.41. The van der Waals surface area contributed by atoms with Gasteiger partial charge in [-0.05, 0) is 18.2 Å². The number of benzene rings is 1. The van der Waals surface area contributed by atoms with Crippen LogP contribution in [0.15, 0.2) is 28.7 Å². The summed E-state index contributed by atoms with van der Waals surface area (Å²) >= 11 is 3.31. The lowest BCUT2D eigenvalue weighted by molar-refractivity contribution is -0.144. The lowest BCUT2D eigenvalue weighted by Crippen LogP contribution is -2.35. The van der Waals surface area contributed by atoms with Crippen LogP contribution in [-0.4, -0.2) is 25.7 Å². The van der Waals surface area contributed by atoms with Crippen LogP contribution in [-0.2, 0) is 9.53 Å². The summed E-state index contributed by atoms with van der Waals surface area (Å²) in [6, 6.07) is 6.88. The molecule has 1 aromatic rings. The second kappa shape index (κ2) is 7.00. The fraction of sp³-hybridized carbons (Fsp3) is 0.333. The van der Waals surface area contributed by atoms with Crippen LogP contribution in [0.1, 0.15) is 6.92 Å². The van der Waals surface area contributed by atoms with Crippen molar-refractivity contribution >= 4 is 33.6 Å². The normalized spacial score (nSPS) is 11.5. The van der Waals surface area contributed by atoms with Crippen molar-refractivity contribution in [1.29, 1.82) is 0 Å². The number of hydrogen-bond acceptors (Lipinski definition) is 3. The summed E-state index contributed by atoms with van der Waals surface area (Å²) in [6.07, 6.45) is 0. The molecule has 0 aliphatic rings. The zero-order valence-corrected chi connectivity index (χ0v) is 11.8. The van der Waals surface area contributed by atoms with Crippen molar-refractivity contribution in [3.8, 4) is 0 Å². The van der Waals surface area contributed by atoms with E-state index in [2.05, 4.69) is 31.3 Å². The first-order valence-corrected chi connectivity index (χ1v) is 6.20. The second-order valence-corrected chi connectivity index (χ2v) is 4.69. The molecule has 98 valence electrons. The lowest BCUT2D eigenvalue weighted by Gasteiger charge is -2.11. The van der Waals surface area contributed by atoms with Gasteiger partial charge in [-0.1, -0.05) is 28.9 Å². The molecule has 18 heavy (non-hydrogen) atoms. The van der Waals surface area contributed by atoms with Crippen molar-refractivity contribution in [3.05, 3.63) is 28.7 Å². The highest BCUT2D eigenvalue weighted by atomic mass is 79.9. The van der Waals surface area contributed by atoms with Gasteiger partial charge in [-0.2, -0.15) is 0 Å². The summed E-state index contributed by atoms with van der Waals surface area (Å²) in [5.74, 6) is -0.721. The Bertz CT molecular complexity index is 437. The SMILES string of the molecule is COC(=O)[C@@H](C)CNC(=O)Nc1cccc(Br)c1. The van der Waals surface area contributed by atoms with Gasteiger partial charge in [0.25, 0.3) is 0 Å². The molecule has 0 unspecified atom stereocenters. The molecule has 2 amide bonds. The summed E-state index contributed by atoms with van der Waals surface area (Å²) in [5.41, 5.74) is 0.674. The number of rotatable bonds is 4. The Hall–Kier alpha value is -1.56. The van der Waals surface area contributed by atoms with Gasteiger partial charge < -0.3 is 15.4 Å². The molecular formula is C12H15BrN2O3. The van der Waals surface area contributed by atoms with Crippen molar-refractivity contribution in [2.75, 3.05) is 19.0 Å². The van der Waals surface area contributed by atoms with Gasteiger partial charge in [0.2, 0.25) is 0 Å². The van der Waals surface area contributed by atoms with E-state index < -0.39 is 0 Å². The van der Waals surface area contributed by atoms with Crippen molar-refractivity contribution in [2.24, 2.45) is 5.92 Å². The zero-order chi connectivity index (χ0) is 13.5. The minimum Gasteiger partial charge on any atom is -0.469 e. The molecule has 1 rings (SSSR count). The summed E-state index contributed by atoms with van der Waals surface area (Å²) in [7, 11) is 1.32. The van der Waals surface area contributed by atoms with E-state index in [1.54, 1.807) is 19.1 Å². The zero-order valence-electron chi connectivity index (χ0n) is 10.2. The van der Waals surface area contributed by atoms with Gasteiger partial charge in [-0.15, -0.1) is 0 Å². The molecular weight excluding hydrogens is 300 g/mol. The van der Waals surface area contributed by atoms with Gasteiger partial charge >= 0.3 is 12.0 Å². The third kappa shape index (κ3) is 4.75. The standard InChI is InChI=1S/C12H15BrN2O3/c1-8(11(16)18-2)7-14-12(17)15-10-5-3-4-9(13)6-10/h3-6,8H,7H2,1-2H3,(H2,14,15,17)/t8-/m0/s1. The number of esters is 1. The summed E-state index contributed by atoms with van der Waals surface area (Å²) in [6.45, 7) is 1.91. The maximum absolute atomic E-state index is 11.5. The molecule has 0 bridgehead atoms. The molecule has 0 radical (unpaired) electrons. The van der Waals surface area contributed by atoms with Crippen molar-refractivity contribution in [3.63, 3.8) is 0 Å². The van der Waals surface area contributed by atoms with Crippen LogP contribution in [0.2, 0.25) is 0 Å². The van der Waals surface area contributed by atoms with Crippen LogP contribution in [0.3, 0.4) is 0 Å². The number of carbonyl (C=O) groups is 2. The number of carbonyl (C=O) groups excluding carboxylic acids is 2. The molecule has 0 aliphatic heterocycles. The number of nitrogens with one attached hydrogen (secondary N) is 2. The predicted molar refractivity (Wildman–Crippen MR) is 72.3 cm³/mol. The van der Waals surface area contributed by atoms with Gasteiger partial charge in [-0.25, -0.2) is 4.79 Å². The number of ether oxygens (including phenoxy) is 1. The topological polar surface area (TPSA) is 67.4 Å². The molecule has 0 fully saturated rings. The maximum atomic E-state index is 11.5. The molecule has 5 nitrogen and oxygen atoms in total. The van der Waals surface area contributed by atoms with Gasteiger partial charge in [0, 0.05) is 16.7 Å². The largest absolute Gasteiger partial charge is 0.469 e. The van der Waals surface area contributed by atoms with E-state index in [1.165, 1.54) is 7.11 Å². The number of halogens is 1. The first-order chi connectivity index (χ1) is 8.52. The Morgan fingerprint density at radius 1 is 1.44 bits per heavy atom. The Morgan fingerprint density at radius 3 is 2.78 bits per heavy atom. The van der Waals surface area contributed by atoms with E-state index in [0.717, 1.165) is 4.47 Å². The molecule has 1 atom stereocenters. The molecule has 0 heterocycles. The fourth-order valence-electron chi connectivity index (χ4n) is 1.27. The molecule has 0 saturated carbocycles. The van der Waals surface area contributed by atoms with Crippen LogP contribution < -0.4 is 10.6 Å². The van der Waals surface area contributed by atoms with Crippen LogP contribution in [0.4, 0.5) is 10.5 Å². The van der Waals surface area contributed by atoms with Crippen LogP contribution in [0.25, 0.3) is 0 Å². The fourth-order valence-corrected chi connectivity index (χ4v) is 1.67. The average Bonchev–Trinajstić information content (AvgIpc) is 2.35. The van der Waals surface area contributed by atoms with E-state index in [9.17, 15) is 9.59 Å². The predicted octanol–water partition coefficient (Wildman–Crippen LogP) is 2.38. The highest BCUT2D eigenvalue weighted by molar-refractivity contribution is 9.10. The number of amides is 2. The summed E-state index contributed by atoms with van der Waals surface area (Å²) in [5, 5.41) is 5.26. The van der Waals surface area contributed by atoms with Crippen molar-refractivity contribution in [2.45, 2.75) is 6.92 Å². The Kier molecular flexibility index (Phi) is 5.64. The van der Waals surface area contributed by atoms with Crippen LogP contribution in [0.5, 0.6) is 0 Å². The number of methoxy groups -OCH3 is 1. The minimum atomic E-state index is -0.372. The Balaban J connectivity index is 2.41. The van der Waals surface area contributed by atoms with Crippen LogP contribution >= 0.6 is 15.9 Å². The molecule has 0 aliphatic carbocycles. The number of hydrogen-bond donors (Lipinski definition) is 2. The molecule has 0 aromatic heterocycles. The highest BCUT2D eigenvalue weighted by Gasteiger charge is 2.13. The second-order valence-electron chi connectivity index (χ2n) is 3.77. The van der Waals surface area contributed by atoms with E-state index in [0.29, 0.717) is 5.69 Å². The highest BCUT2D eigenvalue weighted by Crippen LogP contribution is 2.15. The lowest BCUT2D eigenvalue weighted by atomic mass is 10.2. The number of urea groups is 1. The smallest absolute Gasteiger partial charge is 0.319 e.